The van der Waals surface area contributed by atoms with Gasteiger partial charge in [-0.3, -0.25) is 9.59 Å². The molecule has 1 amide bonds. The van der Waals surface area contributed by atoms with Crippen LogP contribution < -0.4 is 16.8 Å². The molecule has 5 N–H and O–H groups in total. The molecule has 2 atom stereocenters. The molecule has 1 rings (SSSR count). The summed E-state index contributed by atoms with van der Waals surface area (Å²) in [6.07, 6.45) is 4.43. The summed E-state index contributed by atoms with van der Waals surface area (Å²) in [5.41, 5.74) is 12.2. The maximum Gasteiger partial charge on any atom is 0.237 e. The van der Waals surface area contributed by atoms with Crippen molar-refractivity contribution in [3.05, 3.63) is 35.9 Å². The van der Waals surface area contributed by atoms with Crippen molar-refractivity contribution in [1.82, 2.24) is 5.32 Å². The quantitative estimate of drug-likeness (QED) is 0.564. The first kappa shape index (κ1) is 16.3. The van der Waals surface area contributed by atoms with Gasteiger partial charge in [0, 0.05) is 0 Å². The van der Waals surface area contributed by atoms with Gasteiger partial charge in [-0.15, -0.1) is 0 Å². The van der Waals surface area contributed by atoms with E-state index in [1.54, 1.807) is 0 Å². The van der Waals surface area contributed by atoms with Crippen molar-refractivity contribution < 1.29 is 9.59 Å². The fraction of sp³-hybridized carbons (Fsp3) is 0.467. The predicted octanol–water partition coefficient (Wildman–Crippen LogP) is 0.280. The maximum absolute atomic E-state index is 11.9. The van der Waals surface area contributed by atoms with Gasteiger partial charge in [0.25, 0.3) is 0 Å². The van der Waals surface area contributed by atoms with E-state index >= 15 is 0 Å². The number of carbonyl (C=O) groups is 1. The molecule has 0 spiro atoms. The average Bonchev–Trinajstić information content (AvgIpc) is 2.47. The smallest absolute Gasteiger partial charge is 0.237 e. The van der Waals surface area contributed by atoms with Crippen LogP contribution in [-0.4, -0.2) is 30.8 Å². The number of hydrogen-bond donors (Lipinski definition) is 3. The van der Waals surface area contributed by atoms with Crippen molar-refractivity contribution >= 4 is 12.2 Å². The minimum absolute atomic E-state index is 0.324. The topological polar surface area (TPSA) is 98.2 Å². The van der Waals surface area contributed by atoms with Crippen LogP contribution in [0.1, 0.15) is 24.8 Å². The minimum atomic E-state index is -0.664. The van der Waals surface area contributed by atoms with E-state index in [1.807, 2.05) is 36.6 Å². The Labute approximate surface area is 119 Å². The van der Waals surface area contributed by atoms with Gasteiger partial charge in [0.1, 0.15) is 0 Å². The third-order valence-corrected chi connectivity index (χ3v) is 3.04. The van der Waals surface area contributed by atoms with E-state index in [0.29, 0.717) is 19.4 Å². The molecule has 1 aromatic carbocycles. The van der Waals surface area contributed by atoms with Crippen molar-refractivity contribution in [2.75, 3.05) is 6.54 Å². The first-order chi connectivity index (χ1) is 9.67. The van der Waals surface area contributed by atoms with Crippen LogP contribution in [0.25, 0.3) is 0 Å². The average molecular weight is 276 g/mol. The molecule has 0 fully saturated rings. The van der Waals surface area contributed by atoms with Crippen LogP contribution in [0.2, 0.25) is 0 Å². The molecule has 0 aliphatic carbocycles. The number of carbonyl (C=O) groups excluding carboxylic acids is 2. The number of unbranched alkanes of at least 4 members (excludes halogenated alkanes) is 1. The lowest BCUT2D eigenvalue weighted by molar-refractivity contribution is -0.122. The number of nitrogens with two attached hydrogens (primary N) is 2. The van der Waals surface area contributed by atoms with Crippen LogP contribution >= 0.6 is 0 Å². The third-order valence-electron chi connectivity index (χ3n) is 3.04. The van der Waals surface area contributed by atoms with Gasteiger partial charge >= 0.3 is 0 Å². The van der Waals surface area contributed by atoms with Gasteiger partial charge in [0.2, 0.25) is 12.2 Å². The summed E-state index contributed by atoms with van der Waals surface area (Å²) in [6.45, 7) is 0.576. The summed E-state index contributed by atoms with van der Waals surface area (Å²) in [5.74, 6) is -0.324. The second kappa shape index (κ2) is 9.23. The summed E-state index contributed by atoms with van der Waals surface area (Å²) >= 11 is 0. The molecule has 2 unspecified atom stereocenters. The van der Waals surface area contributed by atoms with Crippen molar-refractivity contribution in [3.63, 3.8) is 0 Å². The molecule has 0 saturated carbocycles. The normalized spacial score (nSPS) is 13.5. The number of hydrogen-bond acceptors (Lipinski definition) is 4. The van der Waals surface area contributed by atoms with E-state index < -0.39 is 12.1 Å². The Morgan fingerprint density at radius 1 is 1.25 bits per heavy atom. The molecule has 0 aliphatic heterocycles. The maximum atomic E-state index is 11.9. The summed E-state index contributed by atoms with van der Waals surface area (Å²) in [4.78, 5) is 22.7. The second-order valence-electron chi connectivity index (χ2n) is 4.76. The van der Waals surface area contributed by atoms with Crippen LogP contribution in [0.15, 0.2) is 30.3 Å². The summed E-state index contributed by atoms with van der Waals surface area (Å²) in [6, 6.07) is 8.27. The Bertz CT molecular complexity index is 409. The van der Waals surface area contributed by atoms with E-state index in [-0.39, 0.29) is 5.91 Å². The SMILES string of the molecule is NCCCCC([C]=O)NC(=O)C(N)Cc1ccccc1. The number of rotatable bonds is 9. The van der Waals surface area contributed by atoms with Crippen LogP contribution in [0.5, 0.6) is 0 Å². The summed E-state index contributed by atoms with van der Waals surface area (Å²) in [7, 11) is 0. The van der Waals surface area contributed by atoms with E-state index in [9.17, 15) is 9.59 Å². The Morgan fingerprint density at radius 3 is 2.55 bits per heavy atom. The van der Waals surface area contributed by atoms with E-state index in [2.05, 4.69) is 5.32 Å². The van der Waals surface area contributed by atoms with Gasteiger partial charge in [-0.2, -0.15) is 0 Å². The highest BCUT2D eigenvalue weighted by Gasteiger charge is 2.18. The summed E-state index contributed by atoms with van der Waals surface area (Å²) < 4.78 is 0. The highest BCUT2D eigenvalue weighted by molar-refractivity contribution is 5.84. The standard InChI is InChI=1S/C15H22N3O2/c16-9-5-4-8-13(11-19)18-15(20)14(17)10-12-6-2-1-3-7-12/h1-3,6-7,13-14H,4-5,8-10,16-17H2,(H,18,20). The predicted molar refractivity (Wildman–Crippen MR) is 78.7 cm³/mol. The Balaban J connectivity index is 2.41. The zero-order valence-electron chi connectivity index (χ0n) is 11.5. The molecule has 1 aromatic rings. The molecule has 0 aliphatic rings. The van der Waals surface area contributed by atoms with Crippen LogP contribution in [0.3, 0.4) is 0 Å². The lowest BCUT2D eigenvalue weighted by Crippen LogP contribution is -2.47. The number of nitrogens with one attached hydrogen (secondary N) is 1. The molecule has 0 bridgehead atoms. The monoisotopic (exact) mass is 276 g/mol. The summed E-state index contributed by atoms with van der Waals surface area (Å²) in [5, 5.41) is 2.62. The fourth-order valence-corrected chi connectivity index (χ4v) is 1.89. The molecular formula is C15H22N3O2. The highest BCUT2D eigenvalue weighted by atomic mass is 16.2. The van der Waals surface area contributed by atoms with Crippen molar-refractivity contribution in [2.45, 2.75) is 37.8 Å². The minimum Gasteiger partial charge on any atom is -0.344 e. The van der Waals surface area contributed by atoms with Gasteiger partial charge in [-0.1, -0.05) is 30.3 Å². The fourth-order valence-electron chi connectivity index (χ4n) is 1.89. The molecule has 0 aromatic heterocycles. The largest absolute Gasteiger partial charge is 0.344 e. The van der Waals surface area contributed by atoms with Crippen LogP contribution in [-0.2, 0) is 16.0 Å². The Morgan fingerprint density at radius 2 is 1.95 bits per heavy atom. The zero-order valence-corrected chi connectivity index (χ0v) is 11.5. The van der Waals surface area contributed by atoms with Gasteiger partial charge in [-0.25, -0.2) is 0 Å². The molecule has 5 heteroatoms. The van der Waals surface area contributed by atoms with Gasteiger partial charge in [0.15, 0.2) is 0 Å². The first-order valence-corrected chi connectivity index (χ1v) is 6.85. The molecule has 1 radical (unpaired) electrons. The lowest BCUT2D eigenvalue weighted by atomic mass is 10.1. The van der Waals surface area contributed by atoms with Crippen molar-refractivity contribution in [1.29, 1.82) is 0 Å². The highest BCUT2D eigenvalue weighted by Crippen LogP contribution is 2.03. The van der Waals surface area contributed by atoms with E-state index in [1.165, 1.54) is 0 Å². The van der Waals surface area contributed by atoms with Gasteiger partial charge in [0.05, 0.1) is 12.1 Å². The molecular weight excluding hydrogens is 254 g/mol. The van der Waals surface area contributed by atoms with Crippen molar-refractivity contribution in [2.24, 2.45) is 11.5 Å². The van der Waals surface area contributed by atoms with E-state index in [0.717, 1.165) is 18.4 Å². The van der Waals surface area contributed by atoms with Crippen LogP contribution in [0, 0.1) is 0 Å². The van der Waals surface area contributed by atoms with Crippen molar-refractivity contribution in [3.8, 4) is 0 Å². The zero-order chi connectivity index (χ0) is 14.8. The molecule has 0 saturated heterocycles. The third kappa shape index (κ3) is 5.95. The molecule has 0 heterocycles. The number of amides is 1. The van der Waals surface area contributed by atoms with Crippen LogP contribution in [0.4, 0.5) is 0 Å². The Kier molecular flexibility index (Phi) is 7.54. The molecule has 20 heavy (non-hydrogen) atoms. The second-order valence-corrected chi connectivity index (χ2v) is 4.76. The lowest BCUT2D eigenvalue weighted by Gasteiger charge is -2.16. The van der Waals surface area contributed by atoms with Gasteiger partial charge < -0.3 is 16.8 Å². The van der Waals surface area contributed by atoms with Gasteiger partial charge in [-0.05, 0) is 37.8 Å². The number of benzene rings is 1. The molecule has 109 valence electrons. The van der Waals surface area contributed by atoms with E-state index in [4.69, 9.17) is 11.5 Å². The first-order valence-electron chi connectivity index (χ1n) is 6.85. The molecule has 5 nitrogen and oxygen atoms in total. The Hall–Kier alpha value is -1.72.